The molecule has 4 rings (SSSR count). The van der Waals surface area contributed by atoms with E-state index in [1.807, 2.05) is 55.5 Å². The molecular formula is C24H19BrO3S. The molecule has 0 radical (unpaired) electrons. The number of hydrogen-bond acceptors (Lipinski definition) is 3. The lowest BCUT2D eigenvalue weighted by Gasteiger charge is -2.22. The molecule has 5 heteroatoms. The van der Waals surface area contributed by atoms with Gasteiger partial charge in [-0.25, -0.2) is 8.42 Å². The molecule has 0 N–H and O–H groups in total. The summed E-state index contributed by atoms with van der Waals surface area (Å²) in [5, 5.41) is 0. The van der Waals surface area contributed by atoms with Gasteiger partial charge >= 0.3 is 0 Å². The highest BCUT2D eigenvalue weighted by atomic mass is 79.9. The van der Waals surface area contributed by atoms with Crippen LogP contribution in [0.1, 0.15) is 16.7 Å². The van der Waals surface area contributed by atoms with E-state index in [4.69, 9.17) is 4.74 Å². The van der Waals surface area contributed by atoms with E-state index in [0.717, 1.165) is 26.7 Å². The van der Waals surface area contributed by atoms with Crippen molar-refractivity contribution in [3.05, 3.63) is 107 Å². The van der Waals surface area contributed by atoms with Crippen LogP contribution < -0.4 is 4.74 Å². The van der Waals surface area contributed by atoms with Crippen molar-refractivity contribution in [2.24, 2.45) is 0 Å². The van der Waals surface area contributed by atoms with Crippen molar-refractivity contribution in [2.45, 2.75) is 11.8 Å². The number of sulfone groups is 1. The zero-order valence-corrected chi connectivity index (χ0v) is 18.2. The Hall–Kier alpha value is -2.63. The number of aryl methyl sites for hydroxylation is 1. The number of benzene rings is 3. The molecule has 1 aliphatic rings. The lowest BCUT2D eigenvalue weighted by Crippen LogP contribution is -2.14. The van der Waals surface area contributed by atoms with E-state index < -0.39 is 9.84 Å². The van der Waals surface area contributed by atoms with Gasteiger partial charge in [0.1, 0.15) is 5.75 Å². The van der Waals surface area contributed by atoms with Gasteiger partial charge in [0, 0.05) is 21.2 Å². The van der Waals surface area contributed by atoms with Gasteiger partial charge in [-0.2, -0.15) is 0 Å². The first-order valence-electron chi connectivity index (χ1n) is 9.16. The Morgan fingerprint density at radius 3 is 2.28 bits per heavy atom. The summed E-state index contributed by atoms with van der Waals surface area (Å²) in [6, 6.07) is 24.3. The molecule has 146 valence electrons. The molecule has 1 aliphatic heterocycles. The van der Waals surface area contributed by atoms with Crippen LogP contribution in [0.2, 0.25) is 0 Å². The van der Waals surface area contributed by atoms with E-state index in [9.17, 15) is 8.42 Å². The van der Waals surface area contributed by atoms with Gasteiger partial charge in [-0.05, 0) is 46.6 Å². The van der Waals surface area contributed by atoms with E-state index in [0.29, 0.717) is 16.2 Å². The molecular weight excluding hydrogens is 448 g/mol. The second-order valence-corrected chi connectivity index (χ2v) is 9.67. The van der Waals surface area contributed by atoms with Crippen molar-refractivity contribution in [3.8, 4) is 5.75 Å². The lowest BCUT2D eigenvalue weighted by atomic mass is 9.94. The van der Waals surface area contributed by atoms with Crippen LogP contribution >= 0.6 is 15.9 Å². The third kappa shape index (κ3) is 4.07. The molecule has 3 nitrogen and oxygen atoms in total. The summed E-state index contributed by atoms with van der Waals surface area (Å²) in [6.45, 7) is 2.03. The minimum absolute atomic E-state index is 0.151. The summed E-state index contributed by atoms with van der Waals surface area (Å²) < 4.78 is 32.7. The first-order chi connectivity index (χ1) is 14.0. The molecule has 0 unspecified atom stereocenters. The summed E-state index contributed by atoms with van der Waals surface area (Å²) in [4.78, 5) is 0.297. The highest BCUT2D eigenvalue weighted by Crippen LogP contribution is 2.43. The van der Waals surface area contributed by atoms with Crippen molar-refractivity contribution >= 4 is 35.8 Å². The van der Waals surface area contributed by atoms with E-state index in [-0.39, 0.29) is 5.75 Å². The van der Waals surface area contributed by atoms with Gasteiger partial charge in [0.15, 0.2) is 9.84 Å². The molecule has 1 heterocycles. The van der Waals surface area contributed by atoms with E-state index in [1.54, 1.807) is 36.6 Å². The van der Waals surface area contributed by atoms with E-state index in [1.165, 1.54) is 0 Å². The SMILES string of the molecule is Cc1ccc(/C(Br)=C2\C(CS(=O)(=O)c3ccccc3)=COc3ccccc32)cc1. The van der Waals surface area contributed by atoms with Crippen LogP contribution in [0.3, 0.4) is 0 Å². The second-order valence-electron chi connectivity index (χ2n) is 6.88. The number of fused-ring (bicyclic) bond motifs is 1. The standard InChI is InChI=1S/C24H19BrO3S/c1-17-11-13-18(14-12-17)24(25)23-19(15-28-22-10-6-5-9-21(22)23)16-29(26,27)20-7-3-2-4-8-20/h2-15H,16H2,1H3/b24-23-. The number of para-hydroxylation sites is 1. The fraction of sp³-hybridized carbons (Fsp3) is 0.0833. The zero-order valence-electron chi connectivity index (χ0n) is 15.8. The third-order valence-electron chi connectivity index (χ3n) is 4.78. The van der Waals surface area contributed by atoms with E-state index >= 15 is 0 Å². The van der Waals surface area contributed by atoms with Crippen molar-refractivity contribution in [3.63, 3.8) is 0 Å². The number of allylic oxidation sites excluding steroid dienone is 1. The van der Waals surface area contributed by atoms with Gasteiger partial charge in [0.05, 0.1) is 16.9 Å². The molecule has 0 fully saturated rings. The summed E-state index contributed by atoms with van der Waals surface area (Å²) in [5.74, 6) is 0.550. The average molecular weight is 467 g/mol. The maximum Gasteiger partial charge on any atom is 0.182 e. The van der Waals surface area contributed by atoms with Crippen molar-refractivity contribution in [1.82, 2.24) is 0 Å². The molecule has 0 atom stereocenters. The van der Waals surface area contributed by atoms with Gasteiger partial charge in [-0.3, -0.25) is 0 Å². The molecule has 0 aliphatic carbocycles. The molecule has 0 spiro atoms. The normalized spacial score (nSPS) is 15.2. The molecule has 0 amide bonds. The molecule has 3 aromatic carbocycles. The first kappa shape index (κ1) is 19.7. The Morgan fingerprint density at radius 2 is 1.55 bits per heavy atom. The second kappa shape index (κ2) is 8.01. The zero-order chi connectivity index (χ0) is 20.4. The topological polar surface area (TPSA) is 43.4 Å². The Labute approximate surface area is 179 Å². The molecule has 0 bridgehead atoms. The molecule has 0 saturated carbocycles. The van der Waals surface area contributed by atoms with Crippen LogP contribution in [0.25, 0.3) is 10.1 Å². The summed E-state index contributed by atoms with van der Waals surface area (Å²) in [6.07, 6.45) is 1.55. The Bertz CT molecular complexity index is 1210. The Morgan fingerprint density at radius 1 is 0.897 bits per heavy atom. The average Bonchev–Trinajstić information content (AvgIpc) is 2.74. The maximum atomic E-state index is 13.0. The Balaban J connectivity index is 1.84. The number of halogens is 1. The highest BCUT2D eigenvalue weighted by Gasteiger charge is 2.26. The predicted octanol–water partition coefficient (Wildman–Crippen LogP) is 6.01. The predicted molar refractivity (Wildman–Crippen MR) is 121 cm³/mol. The van der Waals surface area contributed by atoms with Gasteiger partial charge in [0.25, 0.3) is 0 Å². The fourth-order valence-corrected chi connectivity index (χ4v) is 5.36. The quantitative estimate of drug-likeness (QED) is 0.472. The molecule has 29 heavy (non-hydrogen) atoms. The minimum atomic E-state index is -3.52. The van der Waals surface area contributed by atoms with Crippen molar-refractivity contribution in [1.29, 1.82) is 0 Å². The summed E-state index contributed by atoms with van der Waals surface area (Å²) in [7, 11) is -3.52. The maximum absolute atomic E-state index is 13.0. The summed E-state index contributed by atoms with van der Waals surface area (Å²) >= 11 is 3.73. The number of ether oxygens (including phenoxy) is 1. The van der Waals surface area contributed by atoms with Crippen molar-refractivity contribution in [2.75, 3.05) is 5.75 Å². The lowest BCUT2D eigenvalue weighted by molar-refractivity contribution is 0.470. The van der Waals surface area contributed by atoms with Crippen molar-refractivity contribution < 1.29 is 13.2 Å². The van der Waals surface area contributed by atoms with Gasteiger partial charge < -0.3 is 4.74 Å². The van der Waals surface area contributed by atoms with Crippen LogP contribution in [0.5, 0.6) is 5.75 Å². The monoisotopic (exact) mass is 466 g/mol. The van der Waals surface area contributed by atoms with Gasteiger partial charge in [0.2, 0.25) is 0 Å². The van der Waals surface area contributed by atoms with Gasteiger partial charge in [-0.15, -0.1) is 0 Å². The minimum Gasteiger partial charge on any atom is -0.464 e. The first-order valence-corrected chi connectivity index (χ1v) is 11.6. The molecule has 3 aromatic rings. The molecule has 0 saturated heterocycles. The molecule has 0 aromatic heterocycles. The third-order valence-corrected chi connectivity index (χ3v) is 7.31. The number of hydrogen-bond donors (Lipinski definition) is 0. The van der Waals surface area contributed by atoms with Crippen LogP contribution in [0, 0.1) is 6.92 Å². The van der Waals surface area contributed by atoms with E-state index in [2.05, 4.69) is 15.9 Å². The largest absolute Gasteiger partial charge is 0.464 e. The highest BCUT2D eigenvalue weighted by molar-refractivity contribution is 9.15. The van der Waals surface area contributed by atoms with Crippen LogP contribution in [0.4, 0.5) is 0 Å². The van der Waals surface area contributed by atoms with Gasteiger partial charge in [-0.1, -0.05) is 66.2 Å². The summed E-state index contributed by atoms with van der Waals surface area (Å²) in [5.41, 5.74) is 4.44. The Kier molecular flexibility index (Phi) is 5.43. The smallest absolute Gasteiger partial charge is 0.182 e. The van der Waals surface area contributed by atoms with Crippen LogP contribution in [-0.4, -0.2) is 14.2 Å². The number of rotatable bonds is 4. The van der Waals surface area contributed by atoms with Crippen LogP contribution in [-0.2, 0) is 9.84 Å². The van der Waals surface area contributed by atoms with Crippen LogP contribution in [0.15, 0.2) is 95.6 Å². The fourth-order valence-electron chi connectivity index (χ4n) is 3.27.